The molecular formula is C11H12BrF3N2O2. The van der Waals surface area contributed by atoms with E-state index in [4.69, 9.17) is 10.5 Å². The average molecular weight is 341 g/mol. The molecule has 0 unspecified atom stereocenters. The van der Waals surface area contributed by atoms with Crippen LogP contribution in [0.5, 0.6) is 5.75 Å². The number of halogens is 4. The van der Waals surface area contributed by atoms with Crippen molar-refractivity contribution in [3.8, 4) is 5.75 Å². The summed E-state index contributed by atoms with van der Waals surface area (Å²) in [5, 5.41) is 1.71. The van der Waals surface area contributed by atoms with Gasteiger partial charge in [0.2, 0.25) is 0 Å². The fraction of sp³-hybridized carbons (Fsp3) is 0.364. The molecule has 19 heavy (non-hydrogen) atoms. The van der Waals surface area contributed by atoms with E-state index in [-0.39, 0.29) is 0 Å². The van der Waals surface area contributed by atoms with Crippen LogP contribution in [0.15, 0.2) is 22.7 Å². The number of hydrogen-bond acceptors (Lipinski definition) is 3. The van der Waals surface area contributed by atoms with Crippen LogP contribution in [0.25, 0.3) is 0 Å². The van der Waals surface area contributed by atoms with Crippen molar-refractivity contribution in [2.24, 2.45) is 5.73 Å². The van der Waals surface area contributed by atoms with Gasteiger partial charge >= 0.3 is 6.18 Å². The standard InChI is InChI=1S/C11H12BrF3N2O2/c12-8-3-7(4-16)1-2-9(8)19-5-10(18)17-6-11(13,14)15/h1-3H,4-6,16H2,(H,17,18). The van der Waals surface area contributed by atoms with E-state index < -0.39 is 25.2 Å². The van der Waals surface area contributed by atoms with Crippen LogP contribution >= 0.6 is 15.9 Å². The predicted molar refractivity (Wildman–Crippen MR) is 66.6 cm³/mol. The summed E-state index contributed by atoms with van der Waals surface area (Å²) in [4.78, 5) is 11.1. The fourth-order valence-corrected chi connectivity index (χ4v) is 1.72. The Bertz CT molecular complexity index is 452. The second-order valence-corrected chi connectivity index (χ2v) is 4.50. The van der Waals surface area contributed by atoms with Crippen molar-refractivity contribution in [2.45, 2.75) is 12.7 Å². The molecule has 1 amide bonds. The highest BCUT2D eigenvalue weighted by atomic mass is 79.9. The Morgan fingerprint density at radius 1 is 1.42 bits per heavy atom. The zero-order valence-corrected chi connectivity index (χ0v) is 11.3. The van der Waals surface area contributed by atoms with Gasteiger partial charge in [-0.15, -0.1) is 0 Å². The number of rotatable bonds is 5. The van der Waals surface area contributed by atoms with Gasteiger partial charge in [0.05, 0.1) is 4.47 Å². The number of carbonyl (C=O) groups is 1. The molecule has 0 bridgehead atoms. The number of alkyl halides is 3. The Morgan fingerprint density at radius 3 is 2.63 bits per heavy atom. The summed E-state index contributed by atoms with van der Waals surface area (Å²) in [7, 11) is 0. The summed E-state index contributed by atoms with van der Waals surface area (Å²) in [6.45, 7) is -1.51. The van der Waals surface area contributed by atoms with Gasteiger partial charge in [0, 0.05) is 6.54 Å². The lowest BCUT2D eigenvalue weighted by Gasteiger charge is -2.11. The second kappa shape index (κ2) is 6.76. The summed E-state index contributed by atoms with van der Waals surface area (Å²) in [6, 6.07) is 5.00. The average Bonchev–Trinajstić information content (AvgIpc) is 2.34. The minimum Gasteiger partial charge on any atom is -0.483 e. The van der Waals surface area contributed by atoms with Gasteiger partial charge in [-0.2, -0.15) is 13.2 Å². The normalized spacial score (nSPS) is 11.2. The molecule has 4 nitrogen and oxygen atoms in total. The minimum absolute atomic E-state index is 0.352. The molecule has 0 aliphatic carbocycles. The Balaban J connectivity index is 2.46. The number of ether oxygens (including phenoxy) is 1. The lowest BCUT2D eigenvalue weighted by atomic mass is 10.2. The molecular weight excluding hydrogens is 329 g/mol. The summed E-state index contributed by atoms with van der Waals surface area (Å²) in [6.07, 6.45) is -4.43. The quantitative estimate of drug-likeness (QED) is 0.861. The maximum atomic E-state index is 11.9. The molecule has 0 fully saturated rings. The third-order valence-electron chi connectivity index (χ3n) is 2.08. The SMILES string of the molecule is NCc1ccc(OCC(=O)NCC(F)(F)F)c(Br)c1. The molecule has 0 aliphatic heterocycles. The van der Waals surface area contributed by atoms with Crippen LogP contribution in [-0.4, -0.2) is 25.2 Å². The first-order chi connectivity index (χ1) is 8.81. The number of amides is 1. The minimum atomic E-state index is -4.43. The van der Waals surface area contributed by atoms with Gasteiger partial charge in [-0.1, -0.05) is 6.07 Å². The van der Waals surface area contributed by atoms with E-state index in [2.05, 4.69) is 15.9 Å². The second-order valence-electron chi connectivity index (χ2n) is 3.65. The molecule has 0 heterocycles. The maximum absolute atomic E-state index is 11.9. The molecule has 3 N–H and O–H groups in total. The van der Waals surface area contributed by atoms with E-state index in [9.17, 15) is 18.0 Å². The first-order valence-corrected chi connectivity index (χ1v) is 6.06. The van der Waals surface area contributed by atoms with Crippen molar-refractivity contribution in [3.63, 3.8) is 0 Å². The van der Waals surface area contributed by atoms with Crippen LogP contribution in [0, 0.1) is 0 Å². The van der Waals surface area contributed by atoms with Gasteiger partial charge in [-0.25, -0.2) is 0 Å². The summed E-state index contributed by atoms with van der Waals surface area (Å²) in [5.74, 6) is -0.480. The van der Waals surface area contributed by atoms with Gasteiger partial charge in [-0.05, 0) is 33.6 Å². The topological polar surface area (TPSA) is 64.3 Å². The van der Waals surface area contributed by atoms with Crippen molar-refractivity contribution < 1.29 is 22.7 Å². The van der Waals surface area contributed by atoms with Gasteiger partial charge in [-0.3, -0.25) is 4.79 Å². The third-order valence-corrected chi connectivity index (χ3v) is 2.70. The first-order valence-electron chi connectivity index (χ1n) is 5.26. The van der Waals surface area contributed by atoms with Crippen molar-refractivity contribution in [1.29, 1.82) is 0 Å². The van der Waals surface area contributed by atoms with Crippen LogP contribution in [-0.2, 0) is 11.3 Å². The zero-order valence-electron chi connectivity index (χ0n) is 9.76. The Labute approximate surface area is 116 Å². The highest BCUT2D eigenvalue weighted by Crippen LogP contribution is 2.25. The van der Waals surface area contributed by atoms with Crippen LogP contribution in [0.3, 0.4) is 0 Å². The molecule has 1 rings (SSSR count). The van der Waals surface area contributed by atoms with E-state index in [0.29, 0.717) is 16.8 Å². The molecule has 1 aromatic carbocycles. The van der Waals surface area contributed by atoms with Crippen LogP contribution in [0.4, 0.5) is 13.2 Å². The van der Waals surface area contributed by atoms with Crippen molar-refractivity contribution in [2.75, 3.05) is 13.2 Å². The van der Waals surface area contributed by atoms with E-state index in [0.717, 1.165) is 5.56 Å². The van der Waals surface area contributed by atoms with Crippen LogP contribution < -0.4 is 15.8 Å². The summed E-state index contributed by atoms with van der Waals surface area (Å²) in [5.41, 5.74) is 6.30. The van der Waals surface area contributed by atoms with Gasteiger partial charge in [0.25, 0.3) is 5.91 Å². The molecule has 0 aliphatic rings. The molecule has 1 aromatic rings. The van der Waals surface area contributed by atoms with Gasteiger partial charge < -0.3 is 15.8 Å². The molecule has 106 valence electrons. The number of carbonyl (C=O) groups excluding carboxylic acids is 1. The predicted octanol–water partition coefficient (Wildman–Crippen LogP) is 1.97. The lowest BCUT2D eigenvalue weighted by Crippen LogP contribution is -2.36. The van der Waals surface area contributed by atoms with Gasteiger partial charge in [0.15, 0.2) is 6.61 Å². The van der Waals surface area contributed by atoms with Crippen molar-refractivity contribution in [1.82, 2.24) is 5.32 Å². The van der Waals surface area contributed by atoms with Gasteiger partial charge in [0.1, 0.15) is 12.3 Å². The van der Waals surface area contributed by atoms with Crippen molar-refractivity contribution in [3.05, 3.63) is 28.2 Å². The number of nitrogens with one attached hydrogen (secondary N) is 1. The highest BCUT2D eigenvalue weighted by molar-refractivity contribution is 9.10. The van der Waals surface area contributed by atoms with Crippen LogP contribution in [0.1, 0.15) is 5.56 Å². The Morgan fingerprint density at radius 2 is 2.11 bits per heavy atom. The molecule has 0 saturated heterocycles. The van der Waals surface area contributed by atoms with E-state index in [1.807, 2.05) is 0 Å². The smallest absolute Gasteiger partial charge is 0.405 e. The molecule has 0 spiro atoms. The zero-order chi connectivity index (χ0) is 14.5. The number of hydrogen-bond donors (Lipinski definition) is 2. The maximum Gasteiger partial charge on any atom is 0.405 e. The lowest BCUT2D eigenvalue weighted by molar-refractivity contribution is -0.139. The van der Waals surface area contributed by atoms with Crippen LogP contribution in [0.2, 0.25) is 0 Å². The largest absolute Gasteiger partial charge is 0.483 e. The molecule has 0 saturated carbocycles. The summed E-state index contributed by atoms with van der Waals surface area (Å²) >= 11 is 3.22. The van der Waals surface area contributed by atoms with E-state index in [1.54, 1.807) is 23.5 Å². The molecule has 0 aromatic heterocycles. The monoisotopic (exact) mass is 340 g/mol. The molecule has 8 heteroatoms. The Hall–Kier alpha value is -1.28. The van der Waals surface area contributed by atoms with E-state index >= 15 is 0 Å². The number of benzene rings is 1. The fourth-order valence-electron chi connectivity index (χ4n) is 1.18. The molecule has 0 radical (unpaired) electrons. The van der Waals surface area contributed by atoms with E-state index in [1.165, 1.54) is 0 Å². The highest BCUT2D eigenvalue weighted by Gasteiger charge is 2.27. The summed E-state index contributed by atoms with van der Waals surface area (Å²) < 4.78 is 41.2. The van der Waals surface area contributed by atoms with Crippen molar-refractivity contribution >= 4 is 21.8 Å². The Kier molecular flexibility index (Phi) is 5.61. The number of nitrogens with two attached hydrogens (primary N) is 1. The third kappa shape index (κ3) is 5.93. The molecule has 0 atom stereocenters. The first kappa shape index (κ1) is 15.8.